The predicted octanol–water partition coefficient (Wildman–Crippen LogP) is 5.58. The van der Waals surface area contributed by atoms with Gasteiger partial charge >= 0.3 is 5.97 Å². The van der Waals surface area contributed by atoms with Crippen molar-refractivity contribution in [2.45, 2.75) is 13.0 Å². The number of fused-ring (bicyclic) bond motifs is 3. The Morgan fingerprint density at radius 1 is 0.977 bits per heavy atom. The van der Waals surface area contributed by atoms with Gasteiger partial charge in [-0.05, 0) is 35.9 Å². The summed E-state index contributed by atoms with van der Waals surface area (Å²) >= 11 is 1.30. The molecule has 1 atom stereocenters. The fourth-order valence-corrected chi connectivity index (χ4v) is 6.80. The van der Waals surface area contributed by atoms with Crippen LogP contribution in [0, 0.1) is 0 Å². The smallest absolute Gasteiger partial charge is 0.338 e. The molecule has 43 heavy (non-hydrogen) atoms. The summed E-state index contributed by atoms with van der Waals surface area (Å²) in [5, 5.41) is 2.84. The van der Waals surface area contributed by atoms with Gasteiger partial charge in [0.05, 0.1) is 29.5 Å². The number of para-hydroxylation sites is 1. The first kappa shape index (κ1) is 26.7. The maximum atomic E-state index is 14.4. The van der Waals surface area contributed by atoms with Crippen LogP contribution in [0.25, 0.3) is 33.4 Å². The molecule has 2 aromatic heterocycles. The first-order chi connectivity index (χ1) is 21.1. The van der Waals surface area contributed by atoms with E-state index in [9.17, 15) is 9.59 Å². The van der Waals surface area contributed by atoms with Crippen LogP contribution in [0.3, 0.4) is 0 Å². The second kappa shape index (κ2) is 10.9. The number of ether oxygens (including phenoxy) is 2. The number of hydrogen-bond acceptors (Lipinski definition) is 6. The average molecular weight is 586 g/mol. The summed E-state index contributed by atoms with van der Waals surface area (Å²) in [6.45, 7) is 1.94. The van der Waals surface area contributed by atoms with Gasteiger partial charge in [0.15, 0.2) is 4.80 Å². The maximum Gasteiger partial charge on any atom is 0.338 e. The lowest BCUT2D eigenvalue weighted by Gasteiger charge is -2.28. The third-order valence-corrected chi connectivity index (χ3v) is 8.69. The first-order valence-corrected chi connectivity index (χ1v) is 14.8. The molecule has 0 bridgehead atoms. The lowest BCUT2D eigenvalue weighted by atomic mass is 9.89. The van der Waals surface area contributed by atoms with Gasteiger partial charge in [0.2, 0.25) is 0 Å². The summed E-state index contributed by atoms with van der Waals surface area (Å²) in [5.41, 5.74) is 3.84. The van der Waals surface area contributed by atoms with Crippen molar-refractivity contribution in [3.63, 3.8) is 0 Å². The number of benzene rings is 4. The number of carbonyl (C=O) groups excluding carboxylic acids is 1. The zero-order chi connectivity index (χ0) is 29.5. The van der Waals surface area contributed by atoms with Crippen molar-refractivity contribution < 1.29 is 14.3 Å². The fraction of sp³-hybridized carbons (Fsp3) is 0.114. The van der Waals surface area contributed by atoms with E-state index in [1.165, 1.54) is 11.3 Å². The summed E-state index contributed by atoms with van der Waals surface area (Å²) in [6, 6.07) is 28.4. The Bertz CT molecular complexity index is 2240. The third kappa shape index (κ3) is 4.47. The van der Waals surface area contributed by atoms with Crippen LogP contribution < -0.4 is 19.6 Å². The molecule has 0 unspecified atom stereocenters. The van der Waals surface area contributed by atoms with Crippen LogP contribution >= 0.6 is 11.3 Å². The van der Waals surface area contributed by atoms with Gasteiger partial charge in [0.25, 0.3) is 5.56 Å². The number of methoxy groups -OCH3 is 1. The van der Waals surface area contributed by atoms with E-state index in [1.54, 1.807) is 18.6 Å². The van der Waals surface area contributed by atoms with Gasteiger partial charge in [-0.2, -0.15) is 0 Å². The predicted molar refractivity (Wildman–Crippen MR) is 170 cm³/mol. The van der Waals surface area contributed by atoms with Gasteiger partial charge < -0.3 is 14.5 Å². The molecule has 7 rings (SSSR count). The minimum absolute atomic E-state index is 0.175. The van der Waals surface area contributed by atoms with Crippen LogP contribution in [-0.2, 0) is 9.53 Å². The second-order valence-corrected chi connectivity index (χ2v) is 11.1. The molecule has 1 aliphatic heterocycles. The topological polar surface area (TPSA) is 85.7 Å². The van der Waals surface area contributed by atoms with E-state index in [4.69, 9.17) is 14.5 Å². The van der Waals surface area contributed by atoms with E-state index in [2.05, 4.69) is 4.98 Å². The number of aromatic nitrogens is 2. The highest BCUT2D eigenvalue weighted by atomic mass is 32.1. The molecule has 0 radical (unpaired) electrons. The van der Waals surface area contributed by atoms with Gasteiger partial charge in [0.1, 0.15) is 11.8 Å². The molecule has 8 heteroatoms. The highest BCUT2D eigenvalue weighted by Gasteiger charge is 2.37. The third-order valence-electron chi connectivity index (χ3n) is 7.71. The number of H-pyrrole nitrogens is 1. The van der Waals surface area contributed by atoms with Crippen molar-refractivity contribution >= 4 is 50.8 Å². The Hall–Kier alpha value is -5.21. The lowest BCUT2D eigenvalue weighted by molar-refractivity contribution is -0.138. The molecule has 6 aromatic rings. The van der Waals surface area contributed by atoms with Gasteiger partial charge in [-0.25, -0.2) is 9.79 Å². The molecular weight excluding hydrogens is 558 g/mol. The summed E-state index contributed by atoms with van der Waals surface area (Å²) in [6.07, 6.45) is 3.78. The van der Waals surface area contributed by atoms with E-state index in [0.717, 1.165) is 32.8 Å². The van der Waals surface area contributed by atoms with E-state index < -0.39 is 12.0 Å². The average Bonchev–Trinajstić information content (AvgIpc) is 3.60. The Morgan fingerprint density at radius 3 is 2.51 bits per heavy atom. The van der Waals surface area contributed by atoms with E-state index in [-0.39, 0.29) is 17.7 Å². The van der Waals surface area contributed by atoms with Crippen LogP contribution in [0.2, 0.25) is 0 Å². The lowest BCUT2D eigenvalue weighted by Crippen LogP contribution is -2.40. The number of carbonyl (C=O) groups is 1. The van der Waals surface area contributed by atoms with Crippen molar-refractivity contribution in [3.05, 3.63) is 139 Å². The number of thiazole rings is 1. The highest BCUT2D eigenvalue weighted by molar-refractivity contribution is 7.07. The van der Waals surface area contributed by atoms with E-state index in [1.807, 2.05) is 103 Å². The van der Waals surface area contributed by atoms with Crippen molar-refractivity contribution in [2.24, 2.45) is 4.99 Å². The van der Waals surface area contributed by atoms with Gasteiger partial charge in [-0.15, -0.1) is 0 Å². The molecule has 0 spiro atoms. The Morgan fingerprint density at radius 2 is 1.72 bits per heavy atom. The van der Waals surface area contributed by atoms with Crippen LogP contribution in [0.4, 0.5) is 0 Å². The molecule has 3 heterocycles. The maximum absolute atomic E-state index is 14.4. The Labute approximate surface area is 250 Å². The van der Waals surface area contributed by atoms with Crippen LogP contribution in [0.15, 0.2) is 113 Å². The summed E-state index contributed by atoms with van der Waals surface area (Å²) in [7, 11) is 1.60. The zero-order valence-electron chi connectivity index (χ0n) is 23.5. The number of esters is 1. The van der Waals surface area contributed by atoms with Crippen molar-refractivity contribution in [1.82, 2.24) is 9.55 Å². The first-order valence-electron chi connectivity index (χ1n) is 14.0. The van der Waals surface area contributed by atoms with Crippen molar-refractivity contribution in [2.75, 3.05) is 13.7 Å². The van der Waals surface area contributed by atoms with Gasteiger partial charge in [-0.1, -0.05) is 90.2 Å². The quantitative estimate of drug-likeness (QED) is 0.259. The Balaban J connectivity index is 1.60. The number of rotatable bonds is 6. The molecule has 0 saturated carbocycles. The minimum Gasteiger partial charge on any atom is -0.496 e. The molecule has 0 fully saturated rings. The Kier molecular flexibility index (Phi) is 6.75. The number of hydrogen-bond donors (Lipinski definition) is 1. The highest BCUT2D eigenvalue weighted by Crippen LogP contribution is 2.42. The van der Waals surface area contributed by atoms with Crippen LogP contribution in [0.5, 0.6) is 5.75 Å². The summed E-state index contributed by atoms with van der Waals surface area (Å²) in [4.78, 5) is 37.1. The molecule has 0 aliphatic carbocycles. The minimum atomic E-state index is -0.850. The standard InChI is InChI=1S/C35H27N3O4S/c1-3-42-34(40)30-31(22-12-5-4-6-13-22)37-35-38(32(30)29-25-15-8-7-11-21(25)17-18-27(29)41-2)33(39)28(43-35)19-23-20-36-26-16-10-9-14-24(23)26/h4-20,32,36H,3H2,1-2H3/b28-19-/t32-/m0/s1. The molecule has 0 saturated heterocycles. The molecule has 4 aromatic carbocycles. The molecule has 1 N–H and O–H groups in total. The van der Waals surface area contributed by atoms with Crippen LogP contribution in [0.1, 0.15) is 29.7 Å². The van der Waals surface area contributed by atoms with Crippen LogP contribution in [-0.4, -0.2) is 29.2 Å². The normalized spacial score (nSPS) is 15.0. The molecule has 1 aliphatic rings. The zero-order valence-corrected chi connectivity index (χ0v) is 24.4. The second-order valence-electron chi connectivity index (χ2n) is 10.1. The van der Waals surface area contributed by atoms with E-state index in [0.29, 0.717) is 26.3 Å². The number of nitrogens with zero attached hydrogens (tertiary/aromatic N) is 2. The SMILES string of the molecule is CCOC(=O)C1=C(c2ccccc2)N=c2s/c(=C\c3c[nH]c4ccccc34)c(=O)n2[C@H]1c1c(OC)ccc2ccccc12. The van der Waals surface area contributed by atoms with E-state index >= 15 is 0 Å². The molecule has 212 valence electrons. The number of aromatic amines is 1. The van der Waals surface area contributed by atoms with Gasteiger partial charge in [0, 0.05) is 33.8 Å². The molecule has 0 amide bonds. The fourth-order valence-electron chi connectivity index (χ4n) is 5.80. The summed E-state index contributed by atoms with van der Waals surface area (Å²) < 4.78 is 13.7. The number of nitrogens with one attached hydrogen (secondary N) is 1. The molecule has 7 nitrogen and oxygen atoms in total. The van der Waals surface area contributed by atoms with Crippen molar-refractivity contribution in [3.8, 4) is 5.75 Å². The molecular formula is C35H27N3O4S. The van der Waals surface area contributed by atoms with Gasteiger partial charge in [-0.3, -0.25) is 9.36 Å². The monoisotopic (exact) mass is 585 g/mol. The van der Waals surface area contributed by atoms with Crippen molar-refractivity contribution in [1.29, 1.82) is 0 Å². The largest absolute Gasteiger partial charge is 0.496 e. The summed E-state index contributed by atoms with van der Waals surface area (Å²) in [5.74, 6) is 0.0296.